The summed E-state index contributed by atoms with van der Waals surface area (Å²) in [7, 11) is 0. The normalized spacial score (nSPS) is 11.0. The van der Waals surface area contributed by atoms with E-state index in [-0.39, 0.29) is 24.4 Å². The lowest BCUT2D eigenvalue weighted by molar-refractivity contribution is 0.0938. The maximum absolute atomic E-state index is 11.9. The summed E-state index contributed by atoms with van der Waals surface area (Å²) in [5, 5.41) is 11.8. The van der Waals surface area contributed by atoms with E-state index in [2.05, 4.69) is 5.32 Å². The van der Waals surface area contributed by atoms with Gasteiger partial charge in [0.1, 0.15) is 0 Å². The van der Waals surface area contributed by atoms with Gasteiger partial charge in [-0.2, -0.15) is 0 Å². The van der Waals surface area contributed by atoms with Gasteiger partial charge in [0, 0.05) is 25.3 Å². The SMILES string of the molecule is CC(C)(C)CN(CCNC(=O)c1ccccc1N)C(=O)O. The molecule has 0 unspecified atom stereocenters. The van der Waals surface area contributed by atoms with E-state index in [1.807, 2.05) is 20.8 Å². The van der Waals surface area contributed by atoms with Crippen LogP contribution in [0.1, 0.15) is 31.1 Å². The third-order valence-corrected chi connectivity index (χ3v) is 2.81. The number of hydrogen-bond acceptors (Lipinski definition) is 3. The molecule has 0 saturated carbocycles. The van der Waals surface area contributed by atoms with Crippen molar-refractivity contribution in [2.45, 2.75) is 20.8 Å². The summed E-state index contributed by atoms with van der Waals surface area (Å²) in [5.74, 6) is -0.297. The molecule has 0 radical (unpaired) electrons. The Morgan fingerprint density at radius 3 is 2.43 bits per heavy atom. The Morgan fingerprint density at radius 1 is 1.29 bits per heavy atom. The zero-order chi connectivity index (χ0) is 16.0. The van der Waals surface area contributed by atoms with Crippen LogP contribution in [0.2, 0.25) is 0 Å². The van der Waals surface area contributed by atoms with Gasteiger partial charge in [-0.05, 0) is 17.5 Å². The standard InChI is InChI=1S/C15H23N3O3/c1-15(2,3)10-18(14(20)21)9-8-17-13(19)11-6-4-5-7-12(11)16/h4-7H,8-10,16H2,1-3H3,(H,17,19)(H,20,21). The van der Waals surface area contributed by atoms with Crippen LogP contribution in [-0.2, 0) is 0 Å². The Balaban J connectivity index is 2.53. The summed E-state index contributed by atoms with van der Waals surface area (Å²) < 4.78 is 0. The second kappa shape index (κ2) is 6.97. The molecule has 0 atom stereocenters. The van der Waals surface area contributed by atoms with Gasteiger partial charge in [-0.1, -0.05) is 32.9 Å². The van der Waals surface area contributed by atoms with Crippen molar-refractivity contribution in [2.24, 2.45) is 5.41 Å². The highest BCUT2D eigenvalue weighted by atomic mass is 16.4. The molecule has 1 aromatic carbocycles. The molecule has 0 aromatic heterocycles. The lowest BCUT2D eigenvalue weighted by Crippen LogP contribution is -2.42. The molecule has 0 aliphatic heterocycles. The third kappa shape index (κ3) is 5.72. The van der Waals surface area contributed by atoms with E-state index >= 15 is 0 Å². The van der Waals surface area contributed by atoms with Crippen molar-refractivity contribution in [1.29, 1.82) is 0 Å². The summed E-state index contributed by atoms with van der Waals surface area (Å²) in [5.41, 5.74) is 6.39. The number of nitrogens with zero attached hydrogens (tertiary/aromatic N) is 1. The first-order valence-electron chi connectivity index (χ1n) is 6.81. The van der Waals surface area contributed by atoms with Crippen LogP contribution in [0.15, 0.2) is 24.3 Å². The number of carboxylic acid groups (broad SMARTS) is 1. The zero-order valence-corrected chi connectivity index (χ0v) is 12.7. The van der Waals surface area contributed by atoms with Crippen molar-refractivity contribution < 1.29 is 14.7 Å². The van der Waals surface area contributed by atoms with Crippen LogP contribution in [0.4, 0.5) is 10.5 Å². The summed E-state index contributed by atoms with van der Waals surface area (Å²) in [6, 6.07) is 6.77. The first kappa shape index (κ1) is 16.8. The number of nitrogens with one attached hydrogen (secondary N) is 1. The molecule has 21 heavy (non-hydrogen) atoms. The van der Waals surface area contributed by atoms with Gasteiger partial charge in [-0.25, -0.2) is 4.79 Å². The zero-order valence-electron chi connectivity index (χ0n) is 12.7. The maximum atomic E-state index is 11.9. The lowest BCUT2D eigenvalue weighted by atomic mass is 9.96. The van der Waals surface area contributed by atoms with E-state index in [9.17, 15) is 9.59 Å². The molecule has 6 nitrogen and oxygen atoms in total. The lowest BCUT2D eigenvalue weighted by Gasteiger charge is -2.27. The number of nitrogens with two attached hydrogens (primary N) is 1. The van der Waals surface area contributed by atoms with E-state index in [1.54, 1.807) is 24.3 Å². The number of hydrogen-bond donors (Lipinski definition) is 3. The number of amides is 2. The minimum Gasteiger partial charge on any atom is -0.465 e. The van der Waals surface area contributed by atoms with E-state index in [4.69, 9.17) is 10.8 Å². The predicted octanol–water partition coefficient (Wildman–Crippen LogP) is 2.02. The van der Waals surface area contributed by atoms with Crippen LogP contribution >= 0.6 is 0 Å². The number of benzene rings is 1. The molecule has 0 aliphatic rings. The van der Waals surface area contributed by atoms with Crippen molar-refractivity contribution in [2.75, 3.05) is 25.4 Å². The number of rotatable bonds is 5. The van der Waals surface area contributed by atoms with Gasteiger partial charge in [0.2, 0.25) is 0 Å². The third-order valence-electron chi connectivity index (χ3n) is 2.81. The average Bonchev–Trinajstić information content (AvgIpc) is 2.36. The predicted molar refractivity (Wildman–Crippen MR) is 82.2 cm³/mol. The van der Waals surface area contributed by atoms with Crippen molar-refractivity contribution in [3.05, 3.63) is 29.8 Å². The van der Waals surface area contributed by atoms with Gasteiger partial charge in [-0.3, -0.25) is 4.79 Å². The van der Waals surface area contributed by atoms with E-state index < -0.39 is 6.09 Å². The molecule has 1 aromatic rings. The van der Waals surface area contributed by atoms with Crippen molar-refractivity contribution in [3.63, 3.8) is 0 Å². The van der Waals surface area contributed by atoms with Crippen LogP contribution in [-0.4, -0.2) is 41.6 Å². The molecular weight excluding hydrogens is 270 g/mol. The van der Waals surface area contributed by atoms with Gasteiger partial charge >= 0.3 is 6.09 Å². The molecular formula is C15H23N3O3. The molecule has 4 N–H and O–H groups in total. The number of anilines is 1. The monoisotopic (exact) mass is 293 g/mol. The fourth-order valence-corrected chi connectivity index (χ4v) is 1.92. The van der Waals surface area contributed by atoms with Crippen LogP contribution in [0.3, 0.4) is 0 Å². The maximum Gasteiger partial charge on any atom is 0.407 e. The highest BCUT2D eigenvalue weighted by Crippen LogP contribution is 2.15. The topological polar surface area (TPSA) is 95.7 Å². The Bertz CT molecular complexity index is 509. The van der Waals surface area contributed by atoms with Crippen LogP contribution in [0, 0.1) is 5.41 Å². The van der Waals surface area contributed by atoms with Crippen LogP contribution < -0.4 is 11.1 Å². The average molecular weight is 293 g/mol. The van der Waals surface area contributed by atoms with E-state index in [0.717, 1.165) is 0 Å². The minimum atomic E-state index is -0.988. The second-order valence-corrected chi connectivity index (χ2v) is 6.11. The van der Waals surface area contributed by atoms with Crippen molar-refractivity contribution >= 4 is 17.7 Å². The van der Waals surface area contributed by atoms with E-state index in [1.165, 1.54) is 4.90 Å². The molecule has 0 heterocycles. The molecule has 0 saturated heterocycles. The fourth-order valence-electron chi connectivity index (χ4n) is 1.92. The first-order valence-corrected chi connectivity index (χ1v) is 6.81. The Kier molecular flexibility index (Phi) is 5.58. The fraction of sp³-hybridized carbons (Fsp3) is 0.467. The molecule has 2 amide bonds. The first-order chi connectivity index (χ1) is 9.70. The van der Waals surface area contributed by atoms with Crippen molar-refractivity contribution in [1.82, 2.24) is 10.2 Å². The number of nitrogen functional groups attached to an aromatic ring is 1. The minimum absolute atomic E-state index is 0.133. The summed E-state index contributed by atoms with van der Waals surface area (Å²) in [4.78, 5) is 24.4. The van der Waals surface area contributed by atoms with Gasteiger partial charge in [0.15, 0.2) is 0 Å². The Hall–Kier alpha value is -2.24. The van der Waals surface area contributed by atoms with Crippen LogP contribution in [0.25, 0.3) is 0 Å². The van der Waals surface area contributed by atoms with Gasteiger partial charge in [-0.15, -0.1) is 0 Å². The number of carbonyl (C=O) groups excluding carboxylic acids is 1. The molecule has 0 spiro atoms. The molecule has 0 bridgehead atoms. The van der Waals surface area contributed by atoms with Gasteiger partial charge in [0.05, 0.1) is 5.56 Å². The summed E-state index contributed by atoms with van der Waals surface area (Å²) >= 11 is 0. The van der Waals surface area contributed by atoms with Gasteiger partial charge < -0.3 is 21.1 Å². The number of para-hydroxylation sites is 1. The smallest absolute Gasteiger partial charge is 0.407 e. The molecule has 116 valence electrons. The van der Waals surface area contributed by atoms with Crippen molar-refractivity contribution in [3.8, 4) is 0 Å². The highest BCUT2D eigenvalue weighted by Gasteiger charge is 2.20. The molecule has 6 heteroatoms. The van der Waals surface area contributed by atoms with Gasteiger partial charge in [0.25, 0.3) is 5.91 Å². The summed E-state index contributed by atoms with van der Waals surface area (Å²) in [6.07, 6.45) is -0.988. The Morgan fingerprint density at radius 2 is 1.90 bits per heavy atom. The highest BCUT2D eigenvalue weighted by molar-refractivity contribution is 5.99. The van der Waals surface area contributed by atoms with Crippen LogP contribution in [0.5, 0.6) is 0 Å². The molecule has 0 fully saturated rings. The molecule has 0 aliphatic carbocycles. The largest absolute Gasteiger partial charge is 0.465 e. The Labute approximate surface area is 124 Å². The van der Waals surface area contributed by atoms with E-state index in [0.29, 0.717) is 17.8 Å². The summed E-state index contributed by atoms with van der Waals surface area (Å²) in [6.45, 7) is 6.79. The second-order valence-electron chi connectivity index (χ2n) is 6.11. The molecule has 1 rings (SSSR count). The number of carbonyl (C=O) groups is 2. The quantitative estimate of drug-likeness (QED) is 0.724.